The van der Waals surface area contributed by atoms with E-state index >= 15 is 0 Å². The van der Waals surface area contributed by atoms with E-state index in [1.54, 1.807) is 7.11 Å². The highest BCUT2D eigenvalue weighted by molar-refractivity contribution is 4.93. The summed E-state index contributed by atoms with van der Waals surface area (Å²) >= 11 is 0. The Hall–Kier alpha value is -0.420. The van der Waals surface area contributed by atoms with Gasteiger partial charge in [0.15, 0.2) is 0 Å². The Morgan fingerprint density at radius 2 is 2.10 bits per heavy atom. The van der Waals surface area contributed by atoms with Crippen LogP contribution in [-0.4, -0.2) is 43.4 Å². The molecule has 2 aliphatic rings. The molecule has 0 bridgehead atoms. The van der Waals surface area contributed by atoms with Crippen LogP contribution in [0.15, 0.2) is 12.7 Å². The van der Waals surface area contributed by atoms with E-state index < -0.39 is 0 Å². The van der Waals surface area contributed by atoms with E-state index in [9.17, 15) is 5.11 Å². The maximum atomic E-state index is 10.3. The number of aliphatic hydroxyl groups excluding tert-OH is 1. The van der Waals surface area contributed by atoms with Gasteiger partial charge in [0.1, 0.15) is 6.79 Å². The zero-order valence-corrected chi connectivity index (χ0v) is 13.5. The molecule has 0 aromatic carbocycles. The summed E-state index contributed by atoms with van der Waals surface area (Å²) in [5.41, 5.74) is 0. The highest BCUT2D eigenvalue weighted by Crippen LogP contribution is 2.43. The van der Waals surface area contributed by atoms with Crippen molar-refractivity contribution in [3.63, 3.8) is 0 Å². The number of aliphatic hydroxyl groups is 1. The van der Waals surface area contributed by atoms with E-state index in [0.717, 1.165) is 19.3 Å². The molecule has 1 N–H and O–H groups in total. The third-order valence-corrected chi connectivity index (χ3v) is 5.00. The van der Waals surface area contributed by atoms with Crippen molar-refractivity contribution < 1.29 is 19.3 Å². The minimum Gasteiger partial charge on any atom is -0.393 e. The predicted molar refractivity (Wildman–Crippen MR) is 81.9 cm³/mol. The van der Waals surface area contributed by atoms with E-state index in [1.165, 1.54) is 0 Å². The van der Waals surface area contributed by atoms with Gasteiger partial charge in [-0.15, -0.1) is 6.58 Å². The molecule has 1 aliphatic carbocycles. The Kier molecular flexibility index (Phi) is 6.23. The first-order valence-corrected chi connectivity index (χ1v) is 8.11. The van der Waals surface area contributed by atoms with Gasteiger partial charge in [0.2, 0.25) is 0 Å². The Morgan fingerprint density at radius 1 is 1.38 bits per heavy atom. The molecule has 1 saturated heterocycles. The fourth-order valence-corrected chi connectivity index (χ4v) is 3.43. The molecule has 4 heteroatoms. The van der Waals surface area contributed by atoms with Crippen LogP contribution >= 0.6 is 0 Å². The molecular formula is C17H30O4. The molecule has 0 amide bonds. The zero-order valence-electron chi connectivity index (χ0n) is 13.5. The van der Waals surface area contributed by atoms with Crippen molar-refractivity contribution in [2.45, 2.75) is 63.9 Å². The van der Waals surface area contributed by atoms with Crippen LogP contribution in [0, 0.1) is 17.8 Å². The van der Waals surface area contributed by atoms with Crippen molar-refractivity contribution in [3.8, 4) is 0 Å². The monoisotopic (exact) mass is 298 g/mol. The fraction of sp³-hybridized carbons (Fsp3) is 0.882. The lowest BCUT2D eigenvalue weighted by Gasteiger charge is -2.40. The SMILES string of the molecule is C=CC[C@@H]1O[C@H](C[C@H](O)[C@@H]2C[C@H]2C)C[C@H](OCOC)[C@H]1C. The lowest BCUT2D eigenvalue weighted by Crippen LogP contribution is -2.45. The average Bonchev–Trinajstić information content (AvgIpc) is 3.18. The van der Waals surface area contributed by atoms with Crippen molar-refractivity contribution in [3.05, 3.63) is 12.7 Å². The molecule has 4 nitrogen and oxygen atoms in total. The van der Waals surface area contributed by atoms with Gasteiger partial charge in [-0.25, -0.2) is 0 Å². The largest absolute Gasteiger partial charge is 0.393 e. The van der Waals surface area contributed by atoms with E-state index in [0.29, 0.717) is 31.0 Å². The molecule has 2 fully saturated rings. The van der Waals surface area contributed by atoms with Gasteiger partial charge in [-0.2, -0.15) is 0 Å². The van der Waals surface area contributed by atoms with Gasteiger partial charge in [0, 0.05) is 19.4 Å². The van der Waals surface area contributed by atoms with Gasteiger partial charge in [-0.3, -0.25) is 0 Å². The van der Waals surface area contributed by atoms with Crippen molar-refractivity contribution in [1.82, 2.24) is 0 Å². The smallest absolute Gasteiger partial charge is 0.146 e. The van der Waals surface area contributed by atoms with E-state index in [2.05, 4.69) is 20.4 Å². The predicted octanol–water partition coefficient (Wildman–Crippen LogP) is 2.75. The number of hydrogen-bond donors (Lipinski definition) is 1. The lowest BCUT2D eigenvalue weighted by atomic mass is 9.86. The molecule has 0 radical (unpaired) electrons. The van der Waals surface area contributed by atoms with Crippen molar-refractivity contribution in [1.29, 1.82) is 0 Å². The standard InChI is InChI=1S/C17H30O4/c1-5-6-16-12(3)17(20-10-19-4)9-13(21-16)8-15(18)14-7-11(14)2/h5,11-18H,1,6-10H2,2-4H3/t11-,12+,13-,14-,15+,16+,17+/m1/s1. The Balaban J connectivity index is 1.91. The highest BCUT2D eigenvalue weighted by Gasteiger charge is 2.42. The van der Waals surface area contributed by atoms with Gasteiger partial charge in [0.25, 0.3) is 0 Å². The van der Waals surface area contributed by atoms with Crippen LogP contribution in [0.1, 0.15) is 39.5 Å². The van der Waals surface area contributed by atoms with Crippen LogP contribution in [0.2, 0.25) is 0 Å². The summed E-state index contributed by atoms with van der Waals surface area (Å²) in [4.78, 5) is 0. The summed E-state index contributed by atoms with van der Waals surface area (Å²) in [5, 5.41) is 10.3. The first-order valence-electron chi connectivity index (χ1n) is 8.11. The quantitative estimate of drug-likeness (QED) is 0.553. The van der Waals surface area contributed by atoms with E-state index in [1.807, 2.05) is 6.08 Å². The minimum absolute atomic E-state index is 0.0656. The third kappa shape index (κ3) is 4.52. The van der Waals surface area contributed by atoms with Crippen LogP contribution < -0.4 is 0 Å². The molecule has 2 rings (SSSR count). The van der Waals surface area contributed by atoms with Crippen LogP contribution in [0.3, 0.4) is 0 Å². The molecule has 0 unspecified atom stereocenters. The second-order valence-corrected chi connectivity index (χ2v) is 6.71. The van der Waals surface area contributed by atoms with E-state index in [-0.39, 0.29) is 24.4 Å². The number of rotatable bonds is 8. The molecular weight excluding hydrogens is 268 g/mol. The Morgan fingerprint density at radius 3 is 2.67 bits per heavy atom. The summed E-state index contributed by atoms with van der Waals surface area (Å²) in [6.07, 6.45) is 5.46. The van der Waals surface area contributed by atoms with Gasteiger partial charge < -0.3 is 19.3 Å². The van der Waals surface area contributed by atoms with Crippen LogP contribution in [-0.2, 0) is 14.2 Å². The maximum Gasteiger partial charge on any atom is 0.146 e. The minimum atomic E-state index is -0.245. The summed E-state index contributed by atoms with van der Waals surface area (Å²) < 4.78 is 17.0. The summed E-state index contributed by atoms with van der Waals surface area (Å²) in [6, 6.07) is 0. The lowest BCUT2D eigenvalue weighted by molar-refractivity contribution is -0.181. The van der Waals surface area contributed by atoms with E-state index in [4.69, 9.17) is 14.2 Å². The highest BCUT2D eigenvalue weighted by atomic mass is 16.7. The van der Waals surface area contributed by atoms with Crippen LogP contribution in [0.5, 0.6) is 0 Å². The van der Waals surface area contributed by atoms with Crippen LogP contribution in [0.25, 0.3) is 0 Å². The van der Waals surface area contributed by atoms with Gasteiger partial charge in [0.05, 0.1) is 24.4 Å². The molecule has 0 spiro atoms. The summed E-state index contributed by atoms with van der Waals surface area (Å²) in [7, 11) is 1.64. The van der Waals surface area contributed by atoms with Gasteiger partial charge in [-0.1, -0.05) is 19.9 Å². The second-order valence-electron chi connectivity index (χ2n) is 6.71. The third-order valence-electron chi connectivity index (χ3n) is 5.00. The average molecular weight is 298 g/mol. The maximum absolute atomic E-state index is 10.3. The number of ether oxygens (including phenoxy) is 3. The second kappa shape index (κ2) is 7.73. The summed E-state index contributed by atoms with van der Waals surface area (Å²) in [6.45, 7) is 8.48. The van der Waals surface area contributed by atoms with Gasteiger partial charge in [-0.05, 0) is 31.1 Å². The zero-order chi connectivity index (χ0) is 15.4. The molecule has 0 aromatic rings. The van der Waals surface area contributed by atoms with Crippen molar-refractivity contribution in [2.75, 3.05) is 13.9 Å². The topological polar surface area (TPSA) is 47.9 Å². The molecule has 1 saturated carbocycles. The molecule has 7 atom stereocenters. The van der Waals surface area contributed by atoms with Crippen molar-refractivity contribution in [2.24, 2.45) is 17.8 Å². The summed E-state index contributed by atoms with van der Waals surface area (Å²) in [5.74, 6) is 1.43. The fourth-order valence-electron chi connectivity index (χ4n) is 3.43. The Labute approximate surface area is 128 Å². The van der Waals surface area contributed by atoms with Crippen molar-refractivity contribution >= 4 is 0 Å². The normalized spacial score (nSPS) is 40.8. The molecule has 122 valence electrons. The molecule has 1 heterocycles. The number of methoxy groups -OCH3 is 1. The molecule has 21 heavy (non-hydrogen) atoms. The van der Waals surface area contributed by atoms with Crippen LogP contribution in [0.4, 0.5) is 0 Å². The molecule has 1 aliphatic heterocycles. The Bertz CT molecular complexity index is 333. The number of hydrogen-bond acceptors (Lipinski definition) is 4. The first kappa shape index (κ1) is 16.9. The molecule has 0 aromatic heterocycles. The van der Waals surface area contributed by atoms with Gasteiger partial charge >= 0.3 is 0 Å². The first-order chi connectivity index (χ1) is 10.1.